The summed E-state index contributed by atoms with van der Waals surface area (Å²) in [6, 6.07) is 5.21. The molecule has 3 unspecified atom stereocenters. The van der Waals surface area contributed by atoms with E-state index < -0.39 is 0 Å². The Morgan fingerprint density at radius 2 is 2.47 bits per heavy atom. The van der Waals surface area contributed by atoms with Crippen LogP contribution in [0.15, 0.2) is 24.5 Å². The molecule has 0 radical (unpaired) electrons. The minimum Gasteiger partial charge on any atom is -0.307 e. The maximum absolute atomic E-state index is 4.15. The van der Waals surface area contributed by atoms with E-state index in [1.807, 2.05) is 18.5 Å². The molecule has 0 amide bonds. The Hall–Kier alpha value is -0.540. The molecule has 1 N–H and O–H groups in total. The molecule has 1 aliphatic rings. The van der Waals surface area contributed by atoms with E-state index in [1.54, 1.807) is 0 Å². The van der Waals surface area contributed by atoms with Crippen molar-refractivity contribution in [1.82, 2.24) is 10.3 Å². The summed E-state index contributed by atoms with van der Waals surface area (Å²) in [6.45, 7) is 4.52. The third-order valence-electron chi connectivity index (χ3n) is 2.87. The highest BCUT2D eigenvalue weighted by Crippen LogP contribution is 2.27. The zero-order valence-corrected chi connectivity index (χ0v) is 10.1. The first-order valence-electron chi connectivity index (χ1n) is 5.53. The minimum absolute atomic E-state index is 0.412. The fourth-order valence-corrected chi connectivity index (χ4v) is 3.18. The Bertz CT molecular complexity index is 302. The Morgan fingerprint density at radius 1 is 1.60 bits per heavy atom. The highest BCUT2D eigenvalue weighted by Gasteiger charge is 2.23. The third kappa shape index (κ3) is 2.95. The number of hydrogen-bond donors (Lipinski definition) is 1. The third-order valence-corrected chi connectivity index (χ3v) is 4.22. The van der Waals surface area contributed by atoms with Crippen LogP contribution >= 0.6 is 11.8 Å². The van der Waals surface area contributed by atoms with Gasteiger partial charge in [-0.05, 0) is 25.0 Å². The molecule has 2 rings (SSSR count). The van der Waals surface area contributed by atoms with Crippen molar-refractivity contribution in [2.75, 3.05) is 5.75 Å². The molecule has 1 saturated heterocycles. The van der Waals surface area contributed by atoms with Crippen molar-refractivity contribution in [1.29, 1.82) is 0 Å². The van der Waals surface area contributed by atoms with Crippen LogP contribution in [0.2, 0.25) is 0 Å². The van der Waals surface area contributed by atoms with E-state index in [0.717, 1.165) is 5.25 Å². The molecule has 3 heteroatoms. The van der Waals surface area contributed by atoms with Gasteiger partial charge in [-0.3, -0.25) is 4.98 Å². The lowest BCUT2D eigenvalue weighted by Crippen LogP contribution is -2.31. The van der Waals surface area contributed by atoms with Crippen LogP contribution in [0.4, 0.5) is 0 Å². The molecular formula is C12H18N2S. The van der Waals surface area contributed by atoms with E-state index in [4.69, 9.17) is 0 Å². The fourth-order valence-electron chi connectivity index (χ4n) is 2.02. The molecule has 0 bridgehead atoms. The van der Waals surface area contributed by atoms with Crippen molar-refractivity contribution < 1.29 is 0 Å². The van der Waals surface area contributed by atoms with Crippen molar-refractivity contribution in [2.24, 2.45) is 0 Å². The van der Waals surface area contributed by atoms with E-state index in [2.05, 4.69) is 42.0 Å². The van der Waals surface area contributed by atoms with Crippen LogP contribution in [0.5, 0.6) is 0 Å². The summed E-state index contributed by atoms with van der Waals surface area (Å²) in [6.07, 6.45) is 5.06. The molecule has 1 aliphatic heterocycles. The molecule has 2 nitrogen and oxygen atoms in total. The summed E-state index contributed by atoms with van der Waals surface area (Å²) in [5, 5.41) is 4.47. The first-order chi connectivity index (χ1) is 7.25. The first-order valence-corrected chi connectivity index (χ1v) is 6.58. The van der Waals surface area contributed by atoms with Crippen LogP contribution in [0, 0.1) is 0 Å². The van der Waals surface area contributed by atoms with Crippen molar-refractivity contribution >= 4 is 11.8 Å². The monoisotopic (exact) mass is 222 g/mol. The van der Waals surface area contributed by atoms with E-state index in [0.29, 0.717) is 12.1 Å². The predicted molar refractivity (Wildman–Crippen MR) is 66.1 cm³/mol. The second kappa shape index (κ2) is 4.99. The predicted octanol–water partition coefficient (Wildman–Crippen LogP) is 2.63. The van der Waals surface area contributed by atoms with Crippen molar-refractivity contribution in [3.63, 3.8) is 0 Å². The molecule has 82 valence electrons. The van der Waals surface area contributed by atoms with Gasteiger partial charge in [0, 0.05) is 35.5 Å². The summed E-state index contributed by atoms with van der Waals surface area (Å²) in [5.41, 5.74) is 1.28. The van der Waals surface area contributed by atoms with E-state index in [1.165, 1.54) is 17.7 Å². The minimum atomic E-state index is 0.412. The smallest absolute Gasteiger partial charge is 0.0315 e. The van der Waals surface area contributed by atoms with Crippen LogP contribution in [-0.2, 0) is 0 Å². The lowest BCUT2D eigenvalue weighted by Gasteiger charge is -2.18. The van der Waals surface area contributed by atoms with Crippen molar-refractivity contribution in [3.05, 3.63) is 30.1 Å². The summed E-state index contributed by atoms with van der Waals surface area (Å²) < 4.78 is 0. The molecule has 1 aromatic heterocycles. The second-order valence-corrected chi connectivity index (χ2v) is 5.72. The molecule has 2 heterocycles. The summed E-state index contributed by atoms with van der Waals surface area (Å²) in [4.78, 5) is 4.15. The largest absolute Gasteiger partial charge is 0.307 e. The molecule has 3 atom stereocenters. The molecular weight excluding hydrogens is 204 g/mol. The van der Waals surface area contributed by atoms with Gasteiger partial charge in [0.2, 0.25) is 0 Å². The normalized spacial score (nSPS) is 27.9. The SMILES string of the molecule is CC1CC(NC(C)c2cccnc2)CS1. The van der Waals surface area contributed by atoms with Gasteiger partial charge in [-0.25, -0.2) is 0 Å². The molecule has 1 fully saturated rings. The van der Waals surface area contributed by atoms with Gasteiger partial charge in [0.1, 0.15) is 0 Å². The Morgan fingerprint density at radius 3 is 3.07 bits per heavy atom. The van der Waals surface area contributed by atoms with E-state index >= 15 is 0 Å². The molecule has 0 aromatic carbocycles. The first kappa shape index (κ1) is 11.0. The van der Waals surface area contributed by atoms with Gasteiger partial charge in [0.05, 0.1) is 0 Å². The Labute approximate surface area is 95.9 Å². The fraction of sp³-hybridized carbons (Fsp3) is 0.583. The van der Waals surface area contributed by atoms with Crippen LogP contribution in [0.25, 0.3) is 0 Å². The lowest BCUT2D eigenvalue weighted by atomic mass is 10.1. The topological polar surface area (TPSA) is 24.9 Å². The number of rotatable bonds is 3. The zero-order chi connectivity index (χ0) is 10.7. The number of thioether (sulfide) groups is 1. The lowest BCUT2D eigenvalue weighted by molar-refractivity contribution is 0.473. The van der Waals surface area contributed by atoms with Gasteiger partial charge in [-0.15, -0.1) is 0 Å². The number of aromatic nitrogens is 1. The average Bonchev–Trinajstić information content (AvgIpc) is 2.65. The highest BCUT2D eigenvalue weighted by atomic mass is 32.2. The maximum atomic E-state index is 4.15. The molecule has 0 aliphatic carbocycles. The molecule has 0 spiro atoms. The number of pyridine rings is 1. The van der Waals surface area contributed by atoms with Gasteiger partial charge in [-0.2, -0.15) is 11.8 Å². The van der Waals surface area contributed by atoms with Crippen LogP contribution in [0.1, 0.15) is 31.9 Å². The second-order valence-electron chi connectivity index (χ2n) is 4.25. The summed E-state index contributed by atoms with van der Waals surface area (Å²) in [7, 11) is 0. The van der Waals surface area contributed by atoms with E-state index in [-0.39, 0.29) is 0 Å². The number of nitrogens with one attached hydrogen (secondary N) is 1. The number of hydrogen-bond acceptors (Lipinski definition) is 3. The average molecular weight is 222 g/mol. The molecule has 15 heavy (non-hydrogen) atoms. The Kier molecular flexibility index (Phi) is 3.65. The van der Waals surface area contributed by atoms with Crippen molar-refractivity contribution in [2.45, 2.75) is 37.6 Å². The summed E-state index contributed by atoms with van der Waals surface area (Å²) >= 11 is 2.06. The van der Waals surface area contributed by atoms with Crippen LogP contribution in [-0.4, -0.2) is 22.0 Å². The van der Waals surface area contributed by atoms with Crippen molar-refractivity contribution in [3.8, 4) is 0 Å². The van der Waals surface area contributed by atoms with Gasteiger partial charge >= 0.3 is 0 Å². The van der Waals surface area contributed by atoms with Crippen LogP contribution < -0.4 is 5.32 Å². The van der Waals surface area contributed by atoms with Gasteiger partial charge in [0.15, 0.2) is 0 Å². The van der Waals surface area contributed by atoms with E-state index in [9.17, 15) is 0 Å². The maximum Gasteiger partial charge on any atom is 0.0315 e. The highest BCUT2D eigenvalue weighted by molar-refractivity contribution is 8.00. The molecule has 0 saturated carbocycles. The van der Waals surface area contributed by atoms with Gasteiger partial charge in [-0.1, -0.05) is 13.0 Å². The number of nitrogens with zero attached hydrogens (tertiary/aromatic N) is 1. The Balaban J connectivity index is 1.90. The molecule has 1 aromatic rings. The standard InChI is InChI=1S/C12H18N2S/c1-9-6-12(8-15-9)14-10(2)11-4-3-5-13-7-11/h3-5,7,9-10,12,14H,6,8H2,1-2H3. The van der Waals surface area contributed by atoms with Gasteiger partial charge in [0.25, 0.3) is 0 Å². The quantitative estimate of drug-likeness (QED) is 0.851. The zero-order valence-electron chi connectivity index (χ0n) is 9.31. The van der Waals surface area contributed by atoms with Crippen LogP contribution in [0.3, 0.4) is 0 Å². The summed E-state index contributed by atoms with van der Waals surface area (Å²) in [5.74, 6) is 1.24. The van der Waals surface area contributed by atoms with Gasteiger partial charge < -0.3 is 5.32 Å².